The molecule has 0 amide bonds. The van der Waals surface area contributed by atoms with Crippen molar-refractivity contribution in [1.82, 2.24) is 0 Å². The van der Waals surface area contributed by atoms with Crippen LogP contribution < -0.4 is 0 Å². The molecule has 6 heteroatoms. The van der Waals surface area contributed by atoms with Crippen molar-refractivity contribution in [2.24, 2.45) is 4.99 Å². The molecule has 4 rings (SSSR count). The second-order valence-electron chi connectivity index (χ2n) is 8.40. The van der Waals surface area contributed by atoms with Gasteiger partial charge in [0.2, 0.25) is 10.2 Å². The van der Waals surface area contributed by atoms with Crippen LogP contribution in [0, 0.1) is 0 Å². The van der Waals surface area contributed by atoms with E-state index in [2.05, 4.69) is 0 Å². The van der Waals surface area contributed by atoms with Crippen LogP contribution in [0.4, 0.5) is 5.69 Å². The highest BCUT2D eigenvalue weighted by atomic mass is 32.2. The molecule has 0 spiro atoms. The summed E-state index contributed by atoms with van der Waals surface area (Å²) in [7, 11) is 0. The third kappa shape index (κ3) is 8.41. The Bertz CT molecular complexity index is 1060. The molecule has 0 aromatic heterocycles. The molecule has 1 aliphatic rings. The molecule has 35 heavy (non-hydrogen) atoms. The van der Waals surface area contributed by atoms with Gasteiger partial charge in [0.05, 0.1) is 15.3 Å². The SMILES string of the molecule is O=C(SC(CC(=Nc1ccccc1)SC1CCCCC1)SC(=O)c1ccccc1)c1ccccc1. The summed E-state index contributed by atoms with van der Waals surface area (Å²) in [4.78, 5) is 31.2. The molecule has 1 fully saturated rings. The Morgan fingerprint density at radius 2 is 1.20 bits per heavy atom. The van der Waals surface area contributed by atoms with Gasteiger partial charge in [-0.05, 0) is 25.0 Å². The van der Waals surface area contributed by atoms with Gasteiger partial charge in [-0.15, -0.1) is 11.8 Å². The number of carbonyl (C=O) groups is 2. The average molecular weight is 520 g/mol. The highest BCUT2D eigenvalue weighted by Crippen LogP contribution is 2.37. The lowest BCUT2D eigenvalue weighted by Crippen LogP contribution is -2.15. The monoisotopic (exact) mass is 519 g/mol. The lowest BCUT2D eigenvalue weighted by molar-refractivity contribution is 0.108. The minimum Gasteiger partial charge on any atom is -0.282 e. The number of thioether (sulfide) groups is 3. The van der Waals surface area contributed by atoms with Crippen molar-refractivity contribution >= 4 is 56.2 Å². The van der Waals surface area contributed by atoms with Gasteiger partial charge in [0, 0.05) is 22.8 Å². The maximum Gasteiger partial charge on any atom is 0.220 e. The Kier molecular flexibility index (Phi) is 10.1. The summed E-state index contributed by atoms with van der Waals surface area (Å²) in [5, 5.41) is 1.49. The van der Waals surface area contributed by atoms with Crippen LogP contribution >= 0.6 is 35.3 Å². The molecule has 0 radical (unpaired) electrons. The molecule has 0 bridgehead atoms. The van der Waals surface area contributed by atoms with E-state index in [4.69, 9.17) is 4.99 Å². The third-order valence-electron chi connectivity index (χ3n) is 5.70. The van der Waals surface area contributed by atoms with Crippen LogP contribution in [0.3, 0.4) is 0 Å². The van der Waals surface area contributed by atoms with Gasteiger partial charge >= 0.3 is 0 Å². The number of para-hydroxylation sites is 1. The first-order chi connectivity index (χ1) is 17.2. The zero-order valence-electron chi connectivity index (χ0n) is 19.5. The second kappa shape index (κ2) is 13.7. The average Bonchev–Trinajstić information content (AvgIpc) is 2.90. The zero-order valence-corrected chi connectivity index (χ0v) is 22.0. The molecule has 3 nitrogen and oxygen atoms in total. The Morgan fingerprint density at radius 1 is 0.714 bits per heavy atom. The van der Waals surface area contributed by atoms with Gasteiger partial charge in [-0.3, -0.25) is 9.59 Å². The smallest absolute Gasteiger partial charge is 0.220 e. The summed E-state index contributed by atoms with van der Waals surface area (Å²) in [5.74, 6) is 0. The fraction of sp³-hybridized carbons (Fsp3) is 0.276. The van der Waals surface area contributed by atoms with Crippen LogP contribution in [0.1, 0.15) is 59.2 Å². The molecule has 180 valence electrons. The predicted octanol–water partition coefficient (Wildman–Crippen LogP) is 8.65. The highest BCUT2D eigenvalue weighted by molar-refractivity contribution is 8.30. The largest absolute Gasteiger partial charge is 0.282 e. The molecule has 1 saturated carbocycles. The number of rotatable bonds is 8. The summed E-state index contributed by atoms with van der Waals surface area (Å²) < 4.78 is -0.269. The van der Waals surface area contributed by atoms with Crippen molar-refractivity contribution in [2.75, 3.05) is 0 Å². The standard InChI is InChI=1S/C29H29NO2S3/c31-28(22-13-5-1-6-14-22)34-27(35-29(32)23-15-7-2-8-16-23)21-26(30-24-17-9-3-10-18-24)33-25-19-11-4-12-20-25/h1-3,5-10,13-18,25,27H,4,11-12,19-21H2. The number of benzene rings is 3. The maximum absolute atomic E-state index is 13.1. The zero-order chi connectivity index (χ0) is 24.3. The lowest BCUT2D eigenvalue weighted by atomic mass is 10.0. The topological polar surface area (TPSA) is 46.5 Å². The number of hydrogen-bond donors (Lipinski definition) is 0. The summed E-state index contributed by atoms with van der Waals surface area (Å²) in [6.07, 6.45) is 6.74. The first kappa shape index (κ1) is 25.8. The highest BCUT2D eigenvalue weighted by Gasteiger charge is 2.25. The van der Waals surface area contributed by atoms with Crippen LogP contribution in [0.2, 0.25) is 0 Å². The van der Waals surface area contributed by atoms with Crippen molar-refractivity contribution in [3.05, 3.63) is 102 Å². The minimum atomic E-state index is -0.269. The Hall–Kier alpha value is -2.28. The van der Waals surface area contributed by atoms with Crippen molar-refractivity contribution < 1.29 is 9.59 Å². The third-order valence-corrected chi connectivity index (χ3v) is 9.37. The summed E-state index contributed by atoms with van der Waals surface area (Å²) >= 11 is 4.30. The van der Waals surface area contributed by atoms with Crippen LogP contribution in [0.25, 0.3) is 0 Å². The van der Waals surface area contributed by atoms with Gasteiger partial charge in [-0.2, -0.15) is 0 Å². The molecular weight excluding hydrogens is 491 g/mol. The summed E-state index contributed by atoms with van der Waals surface area (Å²) in [5.41, 5.74) is 2.21. The molecule has 0 unspecified atom stereocenters. The van der Waals surface area contributed by atoms with E-state index in [0.717, 1.165) is 10.7 Å². The number of nitrogens with zero attached hydrogens (tertiary/aromatic N) is 1. The van der Waals surface area contributed by atoms with E-state index in [-0.39, 0.29) is 14.8 Å². The van der Waals surface area contributed by atoms with Gasteiger partial charge in [-0.25, -0.2) is 4.99 Å². The van der Waals surface area contributed by atoms with Crippen molar-refractivity contribution in [3.63, 3.8) is 0 Å². The van der Waals surface area contributed by atoms with E-state index < -0.39 is 0 Å². The molecule has 0 aliphatic heterocycles. The number of hydrogen-bond acceptors (Lipinski definition) is 6. The van der Waals surface area contributed by atoms with Crippen molar-refractivity contribution in [1.29, 1.82) is 0 Å². The van der Waals surface area contributed by atoms with Crippen LogP contribution in [0.15, 0.2) is 96.0 Å². The van der Waals surface area contributed by atoms with E-state index in [1.54, 1.807) is 0 Å². The molecule has 1 aliphatic carbocycles. The summed E-state index contributed by atoms with van der Waals surface area (Å²) in [6.45, 7) is 0. The Labute approximate surface area is 220 Å². The molecule has 3 aromatic rings. The van der Waals surface area contributed by atoms with E-state index >= 15 is 0 Å². The predicted molar refractivity (Wildman–Crippen MR) is 153 cm³/mol. The van der Waals surface area contributed by atoms with Gasteiger partial charge in [0.25, 0.3) is 0 Å². The van der Waals surface area contributed by atoms with E-state index in [0.29, 0.717) is 22.8 Å². The minimum absolute atomic E-state index is 0.0225. The Balaban J connectivity index is 1.57. The first-order valence-corrected chi connectivity index (χ1v) is 14.6. The van der Waals surface area contributed by atoms with Crippen molar-refractivity contribution in [2.45, 2.75) is 48.4 Å². The second-order valence-corrected chi connectivity index (χ2v) is 12.4. The quantitative estimate of drug-likeness (QED) is 0.169. The van der Waals surface area contributed by atoms with Gasteiger partial charge in [0.15, 0.2) is 0 Å². The molecule has 0 heterocycles. The fourth-order valence-corrected chi connectivity index (χ4v) is 7.72. The molecule has 0 saturated heterocycles. The van der Waals surface area contributed by atoms with Crippen LogP contribution in [0.5, 0.6) is 0 Å². The first-order valence-electron chi connectivity index (χ1n) is 12.0. The van der Waals surface area contributed by atoms with Gasteiger partial charge in [0.1, 0.15) is 0 Å². The molecule has 0 N–H and O–H groups in total. The maximum atomic E-state index is 13.1. The fourth-order valence-electron chi connectivity index (χ4n) is 3.92. The van der Waals surface area contributed by atoms with Gasteiger partial charge in [-0.1, -0.05) is 122 Å². The van der Waals surface area contributed by atoms with E-state index in [9.17, 15) is 9.59 Å². The van der Waals surface area contributed by atoms with Gasteiger partial charge < -0.3 is 0 Å². The molecular formula is C29H29NO2S3. The van der Waals surface area contributed by atoms with Crippen LogP contribution in [-0.2, 0) is 0 Å². The number of aliphatic imine (C=N–C) groups is 1. The normalized spacial score (nSPS) is 14.7. The van der Waals surface area contributed by atoms with Crippen molar-refractivity contribution in [3.8, 4) is 0 Å². The van der Waals surface area contributed by atoms with E-state index in [1.807, 2.05) is 103 Å². The Morgan fingerprint density at radius 3 is 1.71 bits per heavy atom. The molecule has 0 atom stereocenters. The summed E-state index contributed by atoms with van der Waals surface area (Å²) in [6, 6.07) is 28.5. The number of carbonyl (C=O) groups excluding carboxylic acids is 2. The van der Waals surface area contributed by atoms with E-state index in [1.165, 1.54) is 55.6 Å². The lowest BCUT2D eigenvalue weighted by Gasteiger charge is -2.23. The van der Waals surface area contributed by atoms with Crippen LogP contribution in [-0.4, -0.2) is 25.1 Å². The molecule has 3 aromatic carbocycles.